The molecule has 7 N–H and O–H groups in total. The molecule has 2 saturated heterocycles. The Morgan fingerprint density at radius 2 is 1.82 bits per heavy atom. The largest absolute Gasteiger partial charge is 0.443 e. The fraction of sp³-hybridized carbons (Fsp3) is 0.500. The molecule has 6 atom stereocenters. The van der Waals surface area contributed by atoms with Crippen LogP contribution in [-0.2, 0) is 14.2 Å². The van der Waals surface area contributed by atoms with Crippen LogP contribution in [0, 0.1) is 11.3 Å². The molecule has 0 unspecified atom stereocenters. The Bertz CT molecular complexity index is 3270. The van der Waals surface area contributed by atoms with Gasteiger partial charge in [-0.1, -0.05) is 0 Å². The van der Waals surface area contributed by atoms with Gasteiger partial charge in [0.15, 0.2) is 41.3 Å². The number of carbonyl (C=O) groups excluding carboxylic acids is 2. The summed E-state index contributed by atoms with van der Waals surface area (Å²) in [6, 6.07) is 9.46. The second-order valence-corrected chi connectivity index (χ2v) is 20.3. The summed E-state index contributed by atoms with van der Waals surface area (Å²) in [5.74, 6) is 1.70. The van der Waals surface area contributed by atoms with Crippen LogP contribution < -0.4 is 36.2 Å². The number of halogens is 2. The third-order valence-corrected chi connectivity index (χ3v) is 14.4. The van der Waals surface area contributed by atoms with Crippen molar-refractivity contribution in [2.45, 2.75) is 132 Å². The van der Waals surface area contributed by atoms with E-state index in [1.54, 1.807) is 29.1 Å². The Kier molecular flexibility index (Phi) is 11.7. The number of nitriles is 1. The molecule has 2 aliphatic heterocycles. The van der Waals surface area contributed by atoms with Gasteiger partial charge in [0.1, 0.15) is 41.7 Å². The molecule has 3 saturated carbocycles. The van der Waals surface area contributed by atoms with Crippen LogP contribution in [0.3, 0.4) is 0 Å². The molecule has 0 spiro atoms. The zero-order valence-electron chi connectivity index (χ0n) is 40.4. The predicted molar refractivity (Wildman–Crippen MR) is 254 cm³/mol. The van der Waals surface area contributed by atoms with E-state index in [2.05, 4.69) is 57.7 Å². The summed E-state index contributed by atoms with van der Waals surface area (Å²) in [7, 11) is 0. The number of aromatic nitrogens is 12. The topological polar surface area (TPSA) is 263 Å². The zero-order chi connectivity index (χ0) is 50.1. The summed E-state index contributed by atoms with van der Waals surface area (Å²) in [6.45, 7) is 7.22. The summed E-state index contributed by atoms with van der Waals surface area (Å²) in [5.41, 5.74) is 4.40. The first-order valence-electron chi connectivity index (χ1n) is 24.9. The Labute approximate surface area is 415 Å². The Hall–Kier alpha value is -7.72. The molecule has 3 aliphatic carbocycles. The molecule has 7 aromatic rings. The molecule has 2 amide bonds. The molecule has 73 heavy (non-hydrogen) atoms. The number of aromatic amines is 2. The van der Waals surface area contributed by atoms with Crippen molar-refractivity contribution in [2.75, 3.05) is 30.3 Å². The third kappa shape index (κ3) is 9.13. The highest BCUT2D eigenvalue weighted by Gasteiger charge is 2.46. The fourth-order valence-corrected chi connectivity index (χ4v) is 10.2. The number of piperidine rings is 1. The van der Waals surface area contributed by atoms with Crippen LogP contribution >= 0.6 is 0 Å². The lowest BCUT2D eigenvalue weighted by Crippen LogP contribution is -2.72. The molecule has 5 fully saturated rings. The van der Waals surface area contributed by atoms with Crippen molar-refractivity contribution in [3.05, 3.63) is 78.0 Å². The highest BCUT2D eigenvalue weighted by atomic mass is 19.1. The minimum absolute atomic E-state index is 0.0580. The predicted octanol–water partition coefficient (Wildman–Crippen LogP) is 5.11. The Morgan fingerprint density at radius 3 is 2.60 bits per heavy atom. The quantitative estimate of drug-likeness (QED) is 0.0699. The van der Waals surface area contributed by atoms with E-state index in [9.17, 15) is 14.9 Å². The Balaban J connectivity index is 0.870. The second kappa shape index (κ2) is 18.4. The van der Waals surface area contributed by atoms with E-state index < -0.39 is 42.8 Å². The molecular weight excluding hydrogens is 947 g/mol. The molecule has 380 valence electrons. The van der Waals surface area contributed by atoms with Gasteiger partial charge in [-0.3, -0.25) is 9.50 Å². The number of alkyl halides is 2. The molecule has 7 aromatic heterocycles. The smallest absolute Gasteiger partial charge is 0.408 e. The third-order valence-electron chi connectivity index (χ3n) is 14.4. The monoisotopic (exact) mass is 1000 g/mol. The standard InChI is InChI=1S/C48H54F2N18O5/c1-25(2)55-46(69)72-37-17-27(16-31(37)49)32-19-40(59-43-36-8-14-54-65(36)23-34(57-43)26-6-12-52-13-7-26)68(63-32)66-15-9-35(67(66)29-4-5-29)30-21-53-45(64-22-28(20-51)56-44(30)64)58-39-18-33(61-62-39)42-41(50)38(24-71-42)73-47(70)60-48(3)10-11-48/h8-9,14-15,18-19,21-23,25-27,29,31,37-38,41-42,52H,4-7,10-13,16-17,24H2,1-3H3,(H4-2,53,54,55,56,57,58,59,60,61,62,63,69,70)/p+2/t27-,31+,37-,38-,41+,42-/m0/s1. The van der Waals surface area contributed by atoms with Crippen molar-refractivity contribution in [1.29, 1.82) is 5.26 Å². The van der Waals surface area contributed by atoms with Crippen molar-refractivity contribution in [3.63, 3.8) is 0 Å². The van der Waals surface area contributed by atoms with Crippen molar-refractivity contribution in [2.24, 2.45) is 0 Å². The van der Waals surface area contributed by atoms with Crippen LogP contribution in [-0.4, -0.2) is 117 Å². The van der Waals surface area contributed by atoms with Gasteiger partial charge in [0.25, 0.3) is 0 Å². The van der Waals surface area contributed by atoms with Crippen molar-refractivity contribution >= 4 is 46.8 Å². The number of ether oxygens (including phenoxy) is 3. The number of hydrogen-bond acceptors (Lipinski definition) is 14. The SMILES string of the molecule is CC(C)NC(=O)O[C@H]1C[C@@H](c2cc(Nc3nc(C4CCNCC4)cn4nccc34)[n+](-[n+]3ccc(-c4cnc(Nc5cc([C@@H]6OC[C@H](OC(=O)NC7(C)CC7)[C@H]6F)[nH]n5)n5cc(C#N)nc45)n3C3CC3)[nH]2)C[C@H]1F. The fourth-order valence-electron chi connectivity index (χ4n) is 10.2. The number of rotatable bonds is 14. The highest BCUT2D eigenvalue weighted by Crippen LogP contribution is 2.41. The van der Waals surface area contributed by atoms with E-state index in [1.165, 1.54) is 0 Å². The van der Waals surface area contributed by atoms with E-state index in [4.69, 9.17) is 29.2 Å². The highest BCUT2D eigenvalue weighted by molar-refractivity contribution is 5.77. The summed E-state index contributed by atoms with van der Waals surface area (Å²) >= 11 is 0. The molecule has 0 radical (unpaired) electrons. The van der Waals surface area contributed by atoms with E-state index in [0.717, 1.165) is 74.2 Å². The maximum Gasteiger partial charge on any atom is 0.408 e. The maximum atomic E-state index is 15.7. The zero-order valence-corrected chi connectivity index (χ0v) is 40.4. The van der Waals surface area contributed by atoms with Crippen molar-refractivity contribution in [1.82, 2.24) is 64.9 Å². The number of imidazole rings is 1. The van der Waals surface area contributed by atoms with Crippen molar-refractivity contribution < 1.29 is 42.2 Å². The van der Waals surface area contributed by atoms with Crippen LogP contribution in [0.15, 0.2) is 55.2 Å². The molecule has 0 bridgehead atoms. The molecular formula is C48H56F2N18O5+2. The maximum absolute atomic E-state index is 15.7. The molecule has 12 rings (SSSR count). The van der Waals surface area contributed by atoms with Crippen LogP contribution in [0.1, 0.15) is 119 Å². The second-order valence-electron chi connectivity index (χ2n) is 20.3. The number of anilines is 4. The summed E-state index contributed by atoms with van der Waals surface area (Å²) in [4.78, 5) is 43.6. The molecule has 9 heterocycles. The number of hydrogen-bond donors (Lipinski definition) is 7. The van der Waals surface area contributed by atoms with Gasteiger partial charge in [0.05, 0.1) is 53.0 Å². The summed E-state index contributed by atoms with van der Waals surface area (Å²) in [6.07, 6.45) is 7.22. The van der Waals surface area contributed by atoms with Gasteiger partial charge in [-0.15, -0.1) is 9.78 Å². The number of alkyl carbamates (subject to hydrolysis) is 2. The molecule has 25 heteroatoms. The Morgan fingerprint density at radius 1 is 1.00 bits per heavy atom. The lowest BCUT2D eigenvalue weighted by Gasteiger charge is -2.22. The van der Waals surface area contributed by atoms with Gasteiger partial charge in [0.2, 0.25) is 11.8 Å². The van der Waals surface area contributed by atoms with Crippen LogP contribution in [0.5, 0.6) is 0 Å². The number of H-pyrrole nitrogens is 2. The van der Waals surface area contributed by atoms with Crippen LogP contribution in [0.25, 0.3) is 22.4 Å². The first kappa shape index (κ1) is 46.4. The number of nitrogens with zero attached hydrogens (tertiary/aromatic N) is 11. The number of fused-ring (bicyclic) bond motifs is 2. The van der Waals surface area contributed by atoms with Crippen molar-refractivity contribution in [3.8, 4) is 17.3 Å². The number of nitrogens with one attached hydrogen (secondary N) is 7. The molecule has 23 nitrogen and oxygen atoms in total. The van der Waals surface area contributed by atoms with E-state index in [0.29, 0.717) is 34.4 Å². The van der Waals surface area contributed by atoms with Gasteiger partial charge >= 0.3 is 18.0 Å². The molecule has 0 aromatic carbocycles. The minimum Gasteiger partial charge on any atom is -0.443 e. The van der Waals surface area contributed by atoms with Crippen LogP contribution in [0.4, 0.5) is 41.8 Å². The minimum atomic E-state index is -1.64. The van der Waals surface area contributed by atoms with Gasteiger partial charge in [0, 0.05) is 46.5 Å². The van der Waals surface area contributed by atoms with E-state index >= 15 is 8.78 Å². The summed E-state index contributed by atoms with van der Waals surface area (Å²) in [5, 5.41) is 41.2. The van der Waals surface area contributed by atoms with Crippen LogP contribution in [0.2, 0.25) is 0 Å². The molecule has 5 aliphatic rings. The van der Waals surface area contributed by atoms with Gasteiger partial charge in [-0.25, -0.2) is 43.2 Å². The van der Waals surface area contributed by atoms with Gasteiger partial charge in [-0.2, -0.15) is 15.5 Å². The lowest BCUT2D eigenvalue weighted by atomic mass is 9.95. The van der Waals surface area contributed by atoms with E-state index in [-0.39, 0.29) is 60.5 Å². The summed E-state index contributed by atoms with van der Waals surface area (Å²) < 4.78 is 53.8. The van der Waals surface area contributed by atoms with Gasteiger partial charge < -0.3 is 35.5 Å². The number of carbonyl (C=O) groups is 2. The van der Waals surface area contributed by atoms with Gasteiger partial charge in [-0.05, 0) is 91.3 Å². The average Bonchev–Trinajstić information content (AvgIpc) is 3.81. The number of amides is 2. The lowest BCUT2D eigenvalue weighted by molar-refractivity contribution is -1.34. The average molecular weight is 1000 g/mol. The normalized spacial score (nSPS) is 23.7. The first-order chi connectivity index (χ1) is 35.4. The van der Waals surface area contributed by atoms with E-state index in [1.807, 2.05) is 65.5 Å². The first-order valence-corrected chi connectivity index (χ1v) is 24.9.